The highest BCUT2D eigenvalue weighted by Crippen LogP contribution is 2.21. The lowest BCUT2D eigenvalue weighted by molar-refractivity contribution is 0.0947. The van der Waals surface area contributed by atoms with Crippen molar-refractivity contribution in [3.63, 3.8) is 0 Å². The molecule has 1 aromatic heterocycles. The van der Waals surface area contributed by atoms with E-state index in [0.29, 0.717) is 18.2 Å². The predicted octanol–water partition coefficient (Wildman–Crippen LogP) is 2.03. The van der Waals surface area contributed by atoms with E-state index in [9.17, 15) is 4.79 Å². The second-order valence-corrected chi connectivity index (χ2v) is 6.18. The van der Waals surface area contributed by atoms with E-state index in [1.807, 2.05) is 0 Å². The van der Waals surface area contributed by atoms with E-state index in [1.165, 1.54) is 25.7 Å². The average Bonchev–Trinajstić information content (AvgIpc) is 2.95. The standard InChI is InChI=1S/C14H21BrN4O/c1-19(11-4-2-3-5-11)7-6-17-14(20)12-8-10(15)9-18-13(12)16/h8-9,11H,2-7H2,1H3,(H2,16,18)(H,17,20). The Labute approximate surface area is 128 Å². The molecule has 0 spiro atoms. The highest BCUT2D eigenvalue weighted by atomic mass is 79.9. The highest BCUT2D eigenvalue weighted by molar-refractivity contribution is 9.10. The molecule has 1 aliphatic carbocycles. The third kappa shape index (κ3) is 3.93. The molecule has 0 unspecified atom stereocenters. The van der Waals surface area contributed by atoms with Crippen LogP contribution in [0, 0.1) is 0 Å². The zero-order chi connectivity index (χ0) is 14.5. The van der Waals surface area contributed by atoms with Crippen molar-refractivity contribution in [2.24, 2.45) is 0 Å². The Morgan fingerprint density at radius 3 is 2.95 bits per heavy atom. The van der Waals surface area contributed by atoms with Crippen molar-refractivity contribution in [1.82, 2.24) is 15.2 Å². The highest BCUT2D eigenvalue weighted by Gasteiger charge is 2.19. The number of nitrogen functional groups attached to an aromatic ring is 1. The number of anilines is 1. The largest absolute Gasteiger partial charge is 0.383 e. The number of carbonyl (C=O) groups excluding carboxylic acids is 1. The number of nitrogens with one attached hydrogen (secondary N) is 1. The van der Waals surface area contributed by atoms with E-state index in [4.69, 9.17) is 5.73 Å². The van der Waals surface area contributed by atoms with Gasteiger partial charge in [-0.25, -0.2) is 4.98 Å². The van der Waals surface area contributed by atoms with Crippen molar-refractivity contribution in [1.29, 1.82) is 0 Å². The summed E-state index contributed by atoms with van der Waals surface area (Å²) in [5, 5.41) is 2.90. The molecule has 0 aliphatic heterocycles. The number of nitrogens with two attached hydrogens (primary N) is 1. The summed E-state index contributed by atoms with van der Waals surface area (Å²) in [4.78, 5) is 18.3. The van der Waals surface area contributed by atoms with Crippen molar-refractivity contribution >= 4 is 27.7 Å². The number of pyridine rings is 1. The Morgan fingerprint density at radius 1 is 1.55 bits per heavy atom. The van der Waals surface area contributed by atoms with Gasteiger partial charge in [-0.05, 0) is 41.9 Å². The second kappa shape index (κ2) is 7.04. The van der Waals surface area contributed by atoms with Crippen LogP contribution in [0.15, 0.2) is 16.7 Å². The van der Waals surface area contributed by atoms with Crippen LogP contribution in [0.3, 0.4) is 0 Å². The van der Waals surface area contributed by atoms with E-state index in [-0.39, 0.29) is 11.7 Å². The van der Waals surface area contributed by atoms with Gasteiger partial charge in [0.15, 0.2) is 0 Å². The average molecular weight is 341 g/mol. The Kier molecular flexibility index (Phi) is 5.37. The van der Waals surface area contributed by atoms with Crippen LogP contribution in [-0.4, -0.2) is 42.0 Å². The van der Waals surface area contributed by atoms with Crippen LogP contribution in [0.25, 0.3) is 0 Å². The van der Waals surface area contributed by atoms with Gasteiger partial charge in [0, 0.05) is 29.8 Å². The molecule has 1 heterocycles. The minimum Gasteiger partial charge on any atom is -0.383 e. The quantitative estimate of drug-likeness (QED) is 0.860. The summed E-state index contributed by atoms with van der Waals surface area (Å²) in [5.41, 5.74) is 6.14. The number of amides is 1. The molecule has 6 heteroatoms. The van der Waals surface area contributed by atoms with Gasteiger partial charge < -0.3 is 16.0 Å². The topological polar surface area (TPSA) is 71.2 Å². The SMILES string of the molecule is CN(CCNC(=O)c1cc(Br)cnc1N)C1CCCC1. The minimum atomic E-state index is -0.170. The molecule has 110 valence electrons. The minimum absolute atomic E-state index is 0.170. The maximum Gasteiger partial charge on any atom is 0.255 e. The Hall–Kier alpha value is -1.14. The smallest absolute Gasteiger partial charge is 0.255 e. The summed E-state index contributed by atoms with van der Waals surface area (Å²) in [5.74, 6) is 0.0889. The van der Waals surface area contributed by atoms with E-state index in [1.54, 1.807) is 12.3 Å². The molecule has 3 N–H and O–H groups in total. The van der Waals surface area contributed by atoms with Crippen molar-refractivity contribution in [3.8, 4) is 0 Å². The van der Waals surface area contributed by atoms with Crippen molar-refractivity contribution in [2.45, 2.75) is 31.7 Å². The molecule has 1 aliphatic rings. The summed E-state index contributed by atoms with van der Waals surface area (Å²) in [7, 11) is 2.12. The second-order valence-electron chi connectivity index (χ2n) is 5.26. The van der Waals surface area contributed by atoms with Gasteiger partial charge in [0.25, 0.3) is 5.91 Å². The summed E-state index contributed by atoms with van der Waals surface area (Å²) in [6, 6.07) is 2.36. The molecule has 0 radical (unpaired) electrons. The van der Waals surface area contributed by atoms with Crippen molar-refractivity contribution in [2.75, 3.05) is 25.9 Å². The number of hydrogen-bond donors (Lipinski definition) is 2. The van der Waals surface area contributed by atoms with E-state index in [2.05, 4.69) is 38.2 Å². The van der Waals surface area contributed by atoms with Gasteiger partial charge >= 0.3 is 0 Å². The monoisotopic (exact) mass is 340 g/mol. The number of halogens is 1. The molecule has 0 atom stereocenters. The molecule has 1 amide bonds. The lowest BCUT2D eigenvalue weighted by Gasteiger charge is -2.23. The van der Waals surface area contributed by atoms with Gasteiger partial charge in [-0.3, -0.25) is 4.79 Å². The molecular weight excluding hydrogens is 320 g/mol. The molecule has 20 heavy (non-hydrogen) atoms. The van der Waals surface area contributed by atoms with Crippen LogP contribution in [0.4, 0.5) is 5.82 Å². The molecule has 2 rings (SSSR count). The molecule has 1 aromatic rings. The number of aromatic nitrogens is 1. The molecule has 0 saturated heterocycles. The molecule has 0 aromatic carbocycles. The number of rotatable bonds is 5. The first kappa shape index (κ1) is 15.3. The third-order valence-electron chi connectivity index (χ3n) is 3.83. The number of nitrogens with zero attached hydrogens (tertiary/aromatic N) is 2. The summed E-state index contributed by atoms with van der Waals surface area (Å²) >= 11 is 3.29. The number of carbonyl (C=O) groups is 1. The normalized spacial score (nSPS) is 15.8. The number of likely N-dealkylation sites (N-methyl/N-ethyl adjacent to an activating group) is 1. The summed E-state index contributed by atoms with van der Waals surface area (Å²) in [6.45, 7) is 1.48. The first-order valence-corrected chi connectivity index (χ1v) is 7.76. The molecule has 0 bridgehead atoms. The zero-order valence-corrected chi connectivity index (χ0v) is 13.3. The fourth-order valence-electron chi connectivity index (χ4n) is 2.60. The van der Waals surface area contributed by atoms with Gasteiger partial charge in [-0.2, -0.15) is 0 Å². The maximum absolute atomic E-state index is 12.1. The van der Waals surface area contributed by atoms with Gasteiger partial charge in [0.2, 0.25) is 0 Å². The molecule has 1 fully saturated rings. The van der Waals surface area contributed by atoms with Crippen molar-refractivity contribution < 1.29 is 4.79 Å². The van der Waals surface area contributed by atoms with Gasteiger partial charge in [0.1, 0.15) is 5.82 Å². The molecular formula is C14H21BrN4O. The number of hydrogen-bond acceptors (Lipinski definition) is 4. The first-order chi connectivity index (χ1) is 9.58. The predicted molar refractivity (Wildman–Crippen MR) is 83.6 cm³/mol. The fourth-order valence-corrected chi connectivity index (χ4v) is 2.93. The zero-order valence-electron chi connectivity index (χ0n) is 11.7. The van der Waals surface area contributed by atoms with Crippen LogP contribution in [-0.2, 0) is 0 Å². The fraction of sp³-hybridized carbons (Fsp3) is 0.571. The van der Waals surface area contributed by atoms with Crippen LogP contribution >= 0.6 is 15.9 Å². The van der Waals surface area contributed by atoms with E-state index < -0.39 is 0 Å². The van der Waals surface area contributed by atoms with Crippen LogP contribution in [0.2, 0.25) is 0 Å². The van der Waals surface area contributed by atoms with E-state index >= 15 is 0 Å². The van der Waals surface area contributed by atoms with Gasteiger partial charge in [-0.1, -0.05) is 12.8 Å². The summed E-state index contributed by atoms with van der Waals surface area (Å²) in [6.07, 6.45) is 6.77. The van der Waals surface area contributed by atoms with E-state index in [0.717, 1.165) is 11.0 Å². The van der Waals surface area contributed by atoms with Crippen molar-refractivity contribution in [3.05, 3.63) is 22.3 Å². The molecule has 5 nitrogen and oxygen atoms in total. The Balaban J connectivity index is 1.81. The Morgan fingerprint density at radius 2 is 2.25 bits per heavy atom. The first-order valence-electron chi connectivity index (χ1n) is 6.97. The lowest BCUT2D eigenvalue weighted by Crippen LogP contribution is -2.37. The third-order valence-corrected chi connectivity index (χ3v) is 4.26. The molecule has 1 saturated carbocycles. The van der Waals surface area contributed by atoms with Gasteiger partial charge in [-0.15, -0.1) is 0 Å². The van der Waals surface area contributed by atoms with Crippen LogP contribution < -0.4 is 11.1 Å². The maximum atomic E-state index is 12.1. The lowest BCUT2D eigenvalue weighted by atomic mass is 10.2. The van der Waals surface area contributed by atoms with Gasteiger partial charge in [0.05, 0.1) is 5.56 Å². The Bertz CT molecular complexity index is 474. The van der Waals surface area contributed by atoms with Crippen LogP contribution in [0.1, 0.15) is 36.0 Å². The van der Waals surface area contributed by atoms with Crippen LogP contribution in [0.5, 0.6) is 0 Å². The summed E-state index contributed by atoms with van der Waals surface area (Å²) < 4.78 is 0.750.